The smallest absolute Gasteiger partial charge is 0.0212 e. The van der Waals surface area contributed by atoms with E-state index in [-0.39, 0.29) is 0 Å². The van der Waals surface area contributed by atoms with Gasteiger partial charge in [-0.25, -0.2) is 0 Å². The summed E-state index contributed by atoms with van der Waals surface area (Å²) in [6, 6.07) is 6.82. The van der Waals surface area contributed by atoms with Crippen molar-refractivity contribution < 1.29 is 0 Å². The molecule has 0 saturated heterocycles. The molecule has 16 heavy (non-hydrogen) atoms. The molecule has 0 aliphatic heterocycles. The van der Waals surface area contributed by atoms with Crippen LogP contribution in [0.4, 0.5) is 0 Å². The fraction of sp³-hybridized carbons (Fsp3) is 0.571. The van der Waals surface area contributed by atoms with Gasteiger partial charge in [-0.2, -0.15) is 0 Å². The molecule has 0 heterocycles. The van der Waals surface area contributed by atoms with Gasteiger partial charge in [0, 0.05) is 16.4 Å². The van der Waals surface area contributed by atoms with Crippen molar-refractivity contribution in [1.82, 2.24) is 0 Å². The van der Waals surface area contributed by atoms with Gasteiger partial charge < -0.3 is 5.73 Å². The van der Waals surface area contributed by atoms with E-state index in [0.717, 1.165) is 6.54 Å². The lowest BCUT2D eigenvalue weighted by molar-refractivity contribution is 0.697. The van der Waals surface area contributed by atoms with Gasteiger partial charge in [0.15, 0.2) is 0 Å². The normalized spacial score (nSPS) is 19.5. The average molecular weight is 282 g/mol. The molecule has 1 unspecified atom stereocenters. The average Bonchev–Trinajstić information content (AvgIpc) is 3.09. The van der Waals surface area contributed by atoms with Crippen LogP contribution in [0.2, 0.25) is 0 Å². The SMILES string of the molecule is CCC(C)c1ccc(C2(CN)CC2)cc1Br. The standard InChI is InChI=1S/C14H20BrN/c1-3-10(2)12-5-4-11(8-13(12)15)14(9-16)6-7-14/h4-5,8,10H,3,6-7,9,16H2,1-2H3. The molecule has 0 amide bonds. The van der Waals surface area contributed by atoms with Gasteiger partial charge in [0.25, 0.3) is 0 Å². The minimum atomic E-state index is 0.302. The lowest BCUT2D eigenvalue weighted by atomic mass is 9.92. The van der Waals surface area contributed by atoms with E-state index in [4.69, 9.17) is 5.73 Å². The van der Waals surface area contributed by atoms with Gasteiger partial charge in [0.05, 0.1) is 0 Å². The van der Waals surface area contributed by atoms with E-state index in [9.17, 15) is 0 Å². The van der Waals surface area contributed by atoms with Gasteiger partial charge in [-0.1, -0.05) is 41.9 Å². The second kappa shape index (κ2) is 4.50. The first-order valence-electron chi connectivity index (χ1n) is 6.13. The highest BCUT2D eigenvalue weighted by Gasteiger charge is 2.42. The third kappa shape index (κ3) is 2.05. The van der Waals surface area contributed by atoms with Gasteiger partial charge in [0.2, 0.25) is 0 Å². The van der Waals surface area contributed by atoms with Crippen molar-refractivity contribution in [2.45, 2.75) is 44.4 Å². The van der Waals surface area contributed by atoms with Crippen LogP contribution in [0.15, 0.2) is 22.7 Å². The summed E-state index contributed by atoms with van der Waals surface area (Å²) in [6.07, 6.45) is 3.68. The summed E-state index contributed by atoms with van der Waals surface area (Å²) in [7, 11) is 0. The highest BCUT2D eigenvalue weighted by molar-refractivity contribution is 9.10. The second-order valence-electron chi connectivity index (χ2n) is 5.03. The Morgan fingerprint density at radius 3 is 2.56 bits per heavy atom. The van der Waals surface area contributed by atoms with Crippen molar-refractivity contribution in [1.29, 1.82) is 0 Å². The van der Waals surface area contributed by atoms with Gasteiger partial charge >= 0.3 is 0 Å². The fourth-order valence-electron chi connectivity index (χ4n) is 2.24. The van der Waals surface area contributed by atoms with E-state index in [1.165, 1.54) is 34.9 Å². The zero-order chi connectivity index (χ0) is 11.8. The zero-order valence-electron chi connectivity index (χ0n) is 10.1. The van der Waals surface area contributed by atoms with Gasteiger partial charge in [0.1, 0.15) is 0 Å². The first-order chi connectivity index (χ1) is 7.63. The number of hydrogen-bond acceptors (Lipinski definition) is 1. The lowest BCUT2D eigenvalue weighted by Gasteiger charge is -2.17. The van der Waals surface area contributed by atoms with E-state index in [1.54, 1.807) is 0 Å². The summed E-state index contributed by atoms with van der Waals surface area (Å²) >= 11 is 3.70. The van der Waals surface area contributed by atoms with Crippen molar-refractivity contribution in [2.75, 3.05) is 6.54 Å². The Labute approximate surface area is 107 Å². The Kier molecular flexibility index (Phi) is 3.41. The van der Waals surface area contributed by atoms with Gasteiger partial charge in [-0.3, -0.25) is 0 Å². The summed E-state index contributed by atoms with van der Waals surface area (Å²) < 4.78 is 1.25. The van der Waals surface area contributed by atoms with Crippen molar-refractivity contribution in [3.63, 3.8) is 0 Å². The van der Waals surface area contributed by atoms with Gasteiger partial charge in [-0.05, 0) is 42.4 Å². The van der Waals surface area contributed by atoms with E-state index in [0.29, 0.717) is 11.3 Å². The van der Waals surface area contributed by atoms with Crippen molar-refractivity contribution in [3.05, 3.63) is 33.8 Å². The molecule has 1 nitrogen and oxygen atoms in total. The molecule has 1 fully saturated rings. The molecule has 1 aliphatic rings. The molecular formula is C14H20BrN. The van der Waals surface area contributed by atoms with E-state index in [1.807, 2.05) is 0 Å². The molecule has 88 valence electrons. The van der Waals surface area contributed by atoms with E-state index in [2.05, 4.69) is 48.0 Å². The van der Waals surface area contributed by atoms with Crippen LogP contribution >= 0.6 is 15.9 Å². The summed E-state index contributed by atoms with van der Waals surface area (Å²) in [5, 5.41) is 0. The Morgan fingerprint density at radius 2 is 2.12 bits per heavy atom. The van der Waals surface area contributed by atoms with Crippen LogP contribution < -0.4 is 5.73 Å². The molecule has 1 saturated carbocycles. The molecule has 0 bridgehead atoms. The molecule has 2 N–H and O–H groups in total. The predicted octanol–water partition coefficient (Wildman–Crippen LogP) is 3.95. The molecule has 0 radical (unpaired) electrons. The second-order valence-corrected chi connectivity index (χ2v) is 5.88. The summed E-state index contributed by atoms with van der Waals surface area (Å²) in [6.45, 7) is 5.28. The van der Waals surface area contributed by atoms with Crippen LogP contribution in [0.5, 0.6) is 0 Å². The predicted molar refractivity (Wildman–Crippen MR) is 72.8 cm³/mol. The zero-order valence-corrected chi connectivity index (χ0v) is 11.7. The molecular weight excluding hydrogens is 262 g/mol. The van der Waals surface area contributed by atoms with E-state index >= 15 is 0 Å². The molecule has 1 aromatic rings. The largest absolute Gasteiger partial charge is 0.330 e. The van der Waals surface area contributed by atoms with Gasteiger partial charge in [-0.15, -0.1) is 0 Å². The third-order valence-corrected chi connectivity index (χ3v) is 4.69. The first-order valence-corrected chi connectivity index (χ1v) is 6.92. The molecule has 1 atom stereocenters. The summed E-state index contributed by atoms with van der Waals surface area (Å²) in [5.74, 6) is 0.622. The quantitative estimate of drug-likeness (QED) is 0.889. The monoisotopic (exact) mass is 281 g/mol. The fourth-order valence-corrected chi connectivity index (χ4v) is 3.01. The van der Waals surface area contributed by atoms with Crippen molar-refractivity contribution in [2.24, 2.45) is 5.73 Å². The highest BCUT2D eigenvalue weighted by atomic mass is 79.9. The number of nitrogens with two attached hydrogens (primary N) is 1. The Hall–Kier alpha value is -0.340. The maximum atomic E-state index is 5.86. The molecule has 1 aliphatic carbocycles. The minimum Gasteiger partial charge on any atom is -0.330 e. The van der Waals surface area contributed by atoms with Crippen LogP contribution in [0.1, 0.15) is 50.2 Å². The number of rotatable bonds is 4. The van der Waals surface area contributed by atoms with Crippen LogP contribution in [-0.2, 0) is 5.41 Å². The maximum absolute atomic E-state index is 5.86. The Bertz CT molecular complexity index is 382. The van der Waals surface area contributed by atoms with E-state index < -0.39 is 0 Å². The molecule has 1 aromatic carbocycles. The molecule has 0 spiro atoms. The van der Waals surface area contributed by atoms with Crippen LogP contribution in [-0.4, -0.2) is 6.54 Å². The molecule has 2 heteroatoms. The lowest BCUT2D eigenvalue weighted by Crippen LogP contribution is -2.19. The first kappa shape index (κ1) is 12.1. The summed E-state index contributed by atoms with van der Waals surface area (Å²) in [5.41, 5.74) is 8.99. The van der Waals surface area contributed by atoms with Crippen LogP contribution in [0.3, 0.4) is 0 Å². The number of hydrogen-bond donors (Lipinski definition) is 1. The summed E-state index contributed by atoms with van der Waals surface area (Å²) in [4.78, 5) is 0. The molecule has 2 rings (SSSR count). The topological polar surface area (TPSA) is 26.0 Å². The number of benzene rings is 1. The van der Waals surface area contributed by atoms with Crippen LogP contribution in [0, 0.1) is 0 Å². The minimum absolute atomic E-state index is 0.302. The Balaban J connectivity index is 2.30. The number of halogens is 1. The van der Waals surface area contributed by atoms with Crippen molar-refractivity contribution >= 4 is 15.9 Å². The van der Waals surface area contributed by atoms with Crippen molar-refractivity contribution in [3.8, 4) is 0 Å². The third-order valence-electron chi connectivity index (χ3n) is 4.00. The van der Waals surface area contributed by atoms with Crippen LogP contribution in [0.25, 0.3) is 0 Å². The highest BCUT2D eigenvalue weighted by Crippen LogP contribution is 2.48. The Morgan fingerprint density at radius 1 is 1.44 bits per heavy atom. The molecule has 0 aromatic heterocycles. The maximum Gasteiger partial charge on any atom is 0.0212 e.